The molecule has 4 nitrogen and oxygen atoms in total. The Kier molecular flexibility index (Phi) is 5.31. The van der Waals surface area contributed by atoms with Crippen LogP contribution in [0.4, 0.5) is 24.7 Å². The van der Waals surface area contributed by atoms with Gasteiger partial charge in [-0.25, -0.2) is 9.97 Å². The highest BCUT2D eigenvalue weighted by atomic mass is 19.4. The van der Waals surface area contributed by atoms with Crippen LogP contribution in [0.15, 0.2) is 24.3 Å². The Morgan fingerprint density at radius 1 is 1.13 bits per heavy atom. The van der Waals surface area contributed by atoms with Gasteiger partial charge in [0.15, 0.2) is 0 Å². The summed E-state index contributed by atoms with van der Waals surface area (Å²) in [5.74, 6) is 1.85. The third kappa shape index (κ3) is 4.05. The zero-order valence-corrected chi connectivity index (χ0v) is 18.2. The summed E-state index contributed by atoms with van der Waals surface area (Å²) in [6, 6.07) is 5.39. The quantitative estimate of drug-likeness (QED) is 0.500. The highest BCUT2D eigenvalue weighted by Crippen LogP contribution is 2.38. The van der Waals surface area contributed by atoms with Gasteiger partial charge in [0, 0.05) is 11.1 Å². The lowest BCUT2D eigenvalue weighted by Crippen LogP contribution is -2.13. The van der Waals surface area contributed by atoms with Crippen LogP contribution in [0, 0.1) is 12.8 Å². The fourth-order valence-electron chi connectivity index (χ4n) is 4.59. The van der Waals surface area contributed by atoms with Crippen molar-refractivity contribution in [3.63, 3.8) is 0 Å². The molecule has 2 aromatic carbocycles. The molecule has 1 aliphatic rings. The second-order valence-electron chi connectivity index (χ2n) is 8.63. The number of nitrogens with one attached hydrogen (secondary N) is 1. The fourth-order valence-corrected chi connectivity index (χ4v) is 4.59. The maximum Gasteiger partial charge on any atom is 0.416 e. The fraction of sp³-hybridized carbons (Fsp3) is 0.417. The van der Waals surface area contributed by atoms with Gasteiger partial charge in [-0.05, 0) is 85.5 Å². The molecule has 1 aromatic heterocycles. The molecule has 4 rings (SSSR count). The number of aryl methyl sites for hydroxylation is 2. The van der Waals surface area contributed by atoms with E-state index in [9.17, 15) is 13.2 Å². The van der Waals surface area contributed by atoms with Crippen LogP contribution in [0.1, 0.15) is 60.5 Å². The molecular formula is C24H27F3N4. The lowest BCUT2D eigenvalue weighted by molar-refractivity contribution is -0.137. The van der Waals surface area contributed by atoms with E-state index >= 15 is 0 Å². The minimum Gasteiger partial charge on any atom is -0.399 e. The van der Waals surface area contributed by atoms with Crippen molar-refractivity contribution in [2.24, 2.45) is 5.92 Å². The number of hydrogen-bond donors (Lipinski definition) is 2. The summed E-state index contributed by atoms with van der Waals surface area (Å²) in [5.41, 5.74) is 10.5. The summed E-state index contributed by atoms with van der Waals surface area (Å²) >= 11 is 0. The molecule has 1 aliphatic carbocycles. The molecule has 7 heteroatoms. The minimum absolute atomic E-state index is 0.0854. The van der Waals surface area contributed by atoms with E-state index in [0.29, 0.717) is 23.1 Å². The third-order valence-electron chi connectivity index (χ3n) is 6.06. The van der Waals surface area contributed by atoms with E-state index in [2.05, 4.69) is 30.2 Å². The number of hydrogen-bond acceptors (Lipinski definition) is 4. The second kappa shape index (κ2) is 7.70. The number of anilines is 2. The normalized spacial score (nSPS) is 17.1. The molecule has 164 valence electrons. The van der Waals surface area contributed by atoms with Gasteiger partial charge in [0.2, 0.25) is 0 Å². The molecule has 2 atom stereocenters. The summed E-state index contributed by atoms with van der Waals surface area (Å²) in [5, 5.41) is 4.25. The van der Waals surface area contributed by atoms with Crippen LogP contribution in [0.2, 0.25) is 0 Å². The van der Waals surface area contributed by atoms with E-state index in [1.54, 1.807) is 6.07 Å². The highest BCUT2D eigenvalue weighted by Gasteiger charge is 2.31. The largest absolute Gasteiger partial charge is 0.416 e. The van der Waals surface area contributed by atoms with Crippen molar-refractivity contribution in [1.82, 2.24) is 9.97 Å². The van der Waals surface area contributed by atoms with E-state index in [-0.39, 0.29) is 5.69 Å². The molecule has 0 radical (unpaired) electrons. The molecule has 0 amide bonds. The van der Waals surface area contributed by atoms with Crippen molar-refractivity contribution in [2.45, 2.75) is 59.2 Å². The first-order valence-electron chi connectivity index (χ1n) is 10.6. The number of nitrogens with two attached hydrogens (primary N) is 1. The standard InChI is InChI=1S/C24H27F3N4/c1-5-15-10-21-22(20-7-12(2)6-19(15)20)30-14(4)31-23(21)29-13(3)16-8-17(24(25,26)27)11-18(28)9-16/h8-13H,5-7,28H2,1-4H3,(H,29,30,31)/t12?,13-/m1/s1. The number of benzene rings is 2. The maximum absolute atomic E-state index is 13.2. The first-order chi connectivity index (χ1) is 14.6. The van der Waals surface area contributed by atoms with E-state index in [4.69, 9.17) is 10.7 Å². The van der Waals surface area contributed by atoms with Crippen LogP contribution in [0.5, 0.6) is 0 Å². The molecule has 1 heterocycles. The molecule has 0 saturated heterocycles. The zero-order chi connectivity index (χ0) is 22.5. The van der Waals surface area contributed by atoms with Crippen molar-refractivity contribution in [3.05, 3.63) is 57.9 Å². The molecule has 3 N–H and O–H groups in total. The SMILES string of the molecule is CCc1cc2c(N[C@H](C)c3cc(N)cc(C(F)(F)F)c3)nc(C)nc2c2c1CC(C)C2. The lowest BCUT2D eigenvalue weighted by atomic mass is 9.97. The van der Waals surface area contributed by atoms with Crippen molar-refractivity contribution >= 4 is 22.4 Å². The van der Waals surface area contributed by atoms with Crippen LogP contribution < -0.4 is 11.1 Å². The van der Waals surface area contributed by atoms with Crippen LogP contribution in [0.25, 0.3) is 10.9 Å². The van der Waals surface area contributed by atoms with Gasteiger partial charge in [0.25, 0.3) is 0 Å². The topological polar surface area (TPSA) is 63.8 Å². The first kappa shape index (κ1) is 21.4. The van der Waals surface area contributed by atoms with Gasteiger partial charge in [0.1, 0.15) is 11.6 Å². The van der Waals surface area contributed by atoms with Crippen LogP contribution in [-0.4, -0.2) is 9.97 Å². The van der Waals surface area contributed by atoms with Gasteiger partial charge < -0.3 is 11.1 Å². The van der Waals surface area contributed by atoms with Gasteiger partial charge in [-0.1, -0.05) is 13.8 Å². The summed E-state index contributed by atoms with van der Waals surface area (Å²) in [7, 11) is 0. The van der Waals surface area contributed by atoms with Gasteiger partial charge in [-0.15, -0.1) is 0 Å². The van der Waals surface area contributed by atoms with Crippen LogP contribution in [0.3, 0.4) is 0 Å². The highest BCUT2D eigenvalue weighted by molar-refractivity contribution is 5.93. The Balaban J connectivity index is 1.79. The van der Waals surface area contributed by atoms with Gasteiger partial charge in [-0.3, -0.25) is 0 Å². The summed E-state index contributed by atoms with van der Waals surface area (Å²) in [6.07, 6.45) is -1.50. The summed E-state index contributed by atoms with van der Waals surface area (Å²) in [6.45, 7) is 8.05. The predicted molar refractivity (Wildman–Crippen MR) is 118 cm³/mol. The van der Waals surface area contributed by atoms with E-state index in [1.165, 1.54) is 16.7 Å². The van der Waals surface area contributed by atoms with Crippen molar-refractivity contribution < 1.29 is 13.2 Å². The molecule has 0 spiro atoms. The number of nitrogens with zero attached hydrogens (tertiary/aromatic N) is 2. The van der Waals surface area contributed by atoms with Crippen LogP contribution >= 0.6 is 0 Å². The number of nitrogen functional groups attached to an aromatic ring is 1. The molecular weight excluding hydrogens is 401 g/mol. The summed E-state index contributed by atoms with van der Waals surface area (Å²) < 4.78 is 39.7. The van der Waals surface area contributed by atoms with Gasteiger partial charge in [0.05, 0.1) is 17.1 Å². The van der Waals surface area contributed by atoms with E-state index < -0.39 is 17.8 Å². The number of fused-ring (bicyclic) bond motifs is 3. The minimum atomic E-state index is -4.45. The Bertz CT molecular complexity index is 1150. The van der Waals surface area contributed by atoms with E-state index in [1.807, 2.05) is 13.8 Å². The zero-order valence-electron chi connectivity index (χ0n) is 18.2. The van der Waals surface area contributed by atoms with Crippen molar-refractivity contribution in [1.29, 1.82) is 0 Å². The van der Waals surface area contributed by atoms with Crippen molar-refractivity contribution in [2.75, 3.05) is 11.1 Å². The number of alkyl halides is 3. The van der Waals surface area contributed by atoms with Crippen LogP contribution in [-0.2, 0) is 25.4 Å². The maximum atomic E-state index is 13.2. The first-order valence-corrected chi connectivity index (χ1v) is 10.6. The monoisotopic (exact) mass is 428 g/mol. The molecule has 31 heavy (non-hydrogen) atoms. The average Bonchev–Trinajstić information content (AvgIpc) is 3.08. The molecule has 3 aromatic rings. The number of halogens is 3. The molecule has 0 aliphatic heterocycles. The Labute approximate surface area is 180 Å². The molecule has 0 bridgehead atoms. The molecule has 1 unspecified atom stereocenters. The molecule has 0 saturated carbocycles. The Hall–Kier alpha value is -2.83. The van der Waals surface area contributed by atoms with E-state index in [0.717, 1.165) is 42.3 Å². The number of rotatable bonds is 4. The molecule has 0 fully saturated rings. The average molecular weight is 429 g/mol. The Morgan fingerprint density at radius 2 is 1.84 bits per heavy atom. The number of aromatic nitrogens is 2. The van der Waals surface area contributed by atoms with Gasteiger partial charge >= 0.3 is 6.18 Å². The lowest BCUT2D eigenvalue weighted by Gasteiger charge is -2.20. The van der Waals surface area contributed by atoms with Gasteiger partial charge in [-0.2, -0.15) is 13.2 Å². The van der Waals surface area contributed by atoms with Crippen molar-refractivity contribution in [3.8, 4) is 0 Å². The summed E-state index contributed by atoms with van der Waals surface area (Å²) in [4.78, 5) is 9.34. The predicted octanol–water partition coefficient (Wildman–Crippen LogP) is 6.01. The Morgan fingerprint density at radius 3 is 2.52 bits per heavy atom. The smallest absolute Gasteiger partial charge is 0.399 e. The third-order valence-corrected chi connectivity index (χ3v) is 6.06. The second-order valence-corrected chi connectivity index (χ2v) is 8.63.